The summed E-state index contributed by atoms with van der Waals surface area (Å²) in [6.07, 6.45) is 0.971. The van der Waals surface area contributed by atoms with Gasteiger partial charge in [-0.3, -0.25) is 4.79 Å². The monoisotopic (exact) mass is 417 g/mol. The van der Waals surface area contributed by atoms with Crippen LogP contribution in [0.3, 0.4) is 0 Å². The number of carbonyl (C=O) groups excluding carboxylic acids is 2. The van der Waals surface area contributed by atoms with Crippen molar-refractivity contribution < 1.29 is 22.7 Å². The fourth-order valence-corrected chi connectivity index (χ4v) is 3.88. The Kier molecular flexibility index (Phi) is 7.96. The molecule has 0 aliphatic carbocycles. The highest BCUT2D eigenvalue weighted by atomic mass is 32.2. The van der Waals surface area contributed by atoms with Crippen LogP contribution in [0, 0.1) is 6.92 Å². The number of ether oxygens (including phenoxy) is 1. The smallest absolute Gasteiger partial charge is 0.339 e. The fourth-order valence-electron chi connectivity index (χ4n) is 2.65. The predicted octanol–water partition coefficient (Wildman–Crippen LogP) is 3.08. The van der Waals surface area contributed by atoms with E-state index in [-0.39, 0.29) is 29.5 Å². The van der Waals surface area contributed by atoms with Crippen LogP contribution in [0.2, 0.25) is 0 Å². The molecule has 2 rings (SSSR count). The maximum absolute atomic E-state index is 12.4. The number of rotatable bonds is 9. The molecule has 0 aromatic heterocycles. The topological polar surface area (TPSA) is 89.5 Å². The molecule has 0 unspecified atom stereocenters. The minimum atomic E-state index is -3.60. The van der Waals surface area contributed by atoms with Gasteiger partial charge in [0.25, 0.3) is 0 Å². The van der Waals surface area contributed by atoms with Gasteiger partial charge in [0, 0.05) is 6.42 Å². The molecular weight excluding hydrogens is 390 g/mol. The quantitative estimate of drug-likeness (QED) is 0.500. The van der Waals surface area contributed by atoms with Gasteiger partial charge in [-0.15, -0.1) is 0 Å². The zero-order chi connectivity index (χ0) is 21.4. The van der Waals surface area contributed by atoms with Crippen LogP contribution in [0.25, 0.3) is 0 Å². The van der Waals surface area contributed by atoms with Crippen molar-refractivity contribution in [3.05, 3.63) is 65.2 Å². The van der Waals surface area contributed by atoms with Gasteiger partial charge in [0.15, 0.2) is 9.84 Å². The van der Waals surface area contributed by atoms with E-state index in [1.165, 1.54) is 17.7 Å². The van der Waals surface area contributed by atoms with Gasteiger partial charge in [-0.05, 0) is 44.9 Å². The van der Waals surface area contributed by atoms with E-state index in [2.05, 4.69) is 5.32 Å². The molecule has 156 valence electrons. The molecule has 0 bridgehead atoms. The molecule has 0 aliphatic heterocycles. The molecule has 1 amide bonds. The summed E-state index contributed by atoms with van der Waals surface area (Å²) in [5.41, 5.74) is 2.26. The third-order valence-corrected chi connectivity index (χ3v) is 6.66. The Balaban J connectivity index is 1.82. The van der Waals surface area contributed by atoms with Crippen molar-refractivity contribution in [1.29, 1.82) is 0 Å². The third kappa shape index (κ3) is 6.42. The van der Waals surface area contributed by atoms with Gasteiger partial charge >= 0.3 is 5.97 Å². The minimum Gasteiger partial charge on any atom is -0.460 e. The highest BCUT2D eigenvalue weighted by Gasteiger charge is 2.25. The van der Waals surface area contributed by atoms with E-state index >= 15 is 0 Å². The normalized spacial score (nSPS) is 11.3. The number of hydrogen-bond donors (Lipinski definition) is 1. The third-order valence-electron chi connectivity index (χ3n) is 4.45. The Hall–Kier alpha value is -2.67. The molecule has 2 aromatic carbocycles. The average Bonchev–Trinajstić information content (AvgIpc) is 2.70. The Morgan fingerprint density at radius 2 is 1.69 bits per heavy atom. The lowest BCUT2D eigenvalue weighted by Gasteiger charge is -2.12. The summed E-state index contributed by atoms with van der Waals surface area (Å²) in [4.78, 5) is 24.2. The molecule has 0 aliphatic rings. The second-order valence-electron chi connectivity index (χ2n) is 7.06. The Labute approximate surface area is 172 Å². The van der Waals surface area contributed by atoms with Crippen LogP contribution in [0.1, 0.15) is 41.8 Å². The highest BCUT2D eigenvalue weighted by molar-refractivity contribution is 7.92. The molecule has 29 heavy (non-hydrogen) atoms. The first kappa shape index (κ1) is 22.6. The maximum Gasteiger partial charge on any atom is 0.339 e. The van der Waals surface area contributed by atoms with Crippen LogP contribution in [0.15, 0.2) is 53.4 Å². The van der Waals surface area contributed by atoms with E-state index in [1.807, 2.05) is 31.2 Å². The van der Waals surface area contributed by atoms with Crippen molar-refractivity contribution in [2.24, 2.45) is 0 Å². The summed E-state index contributed by atoms with van der Waals surface area (Å²) in [5, 5.41) is 2.05. The molecular formula is C22H27NO5S. The lowest BCUT2D eigenvalue weighted by atomic mass is 10.1. The largest absolute Gasteiger partial charge is 0.460 e. The zero-order valence-corrected chi connectivity index (χ0v) is 17.8. The van der Waals surface area contributed by atoms with Crippen molar-refractivity contribution in [3.8, 4) is 0 Å². The summed E-state index contributed by atoms with van der Waals surface area (Å²) in [7, 11) is -3.60. The number of carbonyl (C=O) groups is 2. The molecule has 0 heterocycles. The van der Waals surface area contributed by atoms with Gasteiger partial charge in [0.05, 0.1) is 22.3 Å². The van der Waals surface area contributed by atoms with Gasteiger partial charge in [-0.1, -0.05) is 42.0 Å². The van der Waals surface area contributed by atoms with Crippen LogP contribution in [-0.2, 0) is 25.8 Å². The second kappa shape index (κ2) is 10.2. The van der Waals surface area contributed by atoms with Crippen molar-refractivity contribution >= 4 is 21.7 Å². The number of nitrogens with one attached hydrogen (secondary N) is 1. The van der Waals surface area contributed by atoms with Crippen LogP contribution in [0.4, 0.5) is 0 Å². The average molecular weight is 418 g/mol. The molecule has 0 fully saturated rings. The molecule has 7 heteroatoms. The lowest BCUT2D eigenvalue weighted by molar-refractivity contribution is -0.121. The number of esters is 1. The Morgan fingerprint density at radius 3 is 2.34 bits per heavy atom. The summed E-state index contributed by atoms with van der Waals surface area (Å²) in [5.74, 6) is -0.858. The van der Waals surface area contributed by atoms with Crippen molar-refractivity contribution in [2.45, 2.75) is 43.8 Å². The van der Waals surface area contributed by atoms with Crippen molar-refractivity contribution in [2.75, 3.05) is 13.2 Å². The van der Waals surface area contributed by atoms with Crippen LogP contribution in [-0.4, -0.2) is 38.7 Å². The van der Waals surface area contributed by atoms with E-state index in [0.29, 0.717) is 12.8 Å². The van der Waals surface area contributed by atoms with Gasteiger partial charge < -0.3 is 10.1 Å². The highest BCUT2D eigenvalue weighted by Crippen LogP contribution is 2.21. The molecule has 2 aromatic rings. The first-order valence-electron chi connectivity index (χ1n) is 9.54. The zero-order valence-electron chi connectivity index (χ0n) is 17.0. The van der Waals surface area contributed by atoms with Crippen LogP contribution < -0.4 is 5.32 Å². The van der Waals surface area contributed by atoms with E-state index < -0.39 is 21.1 Å². The van der Waals surface area contributed by atoms with Gasteiger partial charge in [-0.2, -0.15) is 0 Å². The number of sulfone groups is 1. The van der Waals surface area contributed by atoms with Gasteiger partial charge in [0.2, 0.25) is 5.91 Å². The number of aryl methyl sites for hydroxylation is 2. The van der Waals surface area contributed by atoms with Gasteiger partial charge in [-0.25, -0.2) is 13.2 Å². The molecule has 1 N–H and O–H groups in total. The molecule has 0 saturated carbocycles. The summed E-state index contributed by atoms with van der Waals surface area (Å²) in [6, 6.07) is 14.0. The van der Waals surface area contributed by atoms with Crippen molar-refractivity contribution in [3.63, 3.8) is 0 Å². The van der Waals surface area contributed by atoms with E-state index in [4.69, 9.17) is 4.74 Å². The van der Waals surface area contributed by atoms with E-state index in [0.717, 1.165) is 5.56 Å². The Bertz CT molecular complexity index is 949. The summed E-state index contributed by atoms with van der Waals surface area (Å²) < 4.78 is 30.0. The van der Waals surface area contributed by atoms with Gasteiger partial charge in [0.1, 0.15) is 6.61 Å². The first-order valence-corrected chi connectivity index (χ1v) is 11.1. The van der Waals surface area contributed by atoms with E-state index in [1.54, 1.807) is 26.0 Å². The SMILES string of the molecule is Cc1ccc(CCC(=O)NCCOC(=O)c2ccccc2S(=O)(=O)C(C)C)cc1. The number of amides is 1. The van der Waals surface area contributed by atoms with Crippen LogP contribution in [0.5, 0.6) is 0 Å². The molecule has 6 nitrogen and oxygen atoms in total. The minimum absolute atomic E-state index is 0.00639. The fraction of sp³-hybridized carbons (Fsp3) is 0.364. The van der Waals surface area contributed by atoms with Crippen molar-refractivity contribution in [1.82, 2.24) is 5.32 Å². The predicted molar refractivity (Wildman–Crippen MR) is 112 cm³/mol. The molecule has 0 atom stereocenters. The van der Waals surface area contributed by atoms with Crippen LogP contribution >= 0.6 is 0 Å². The lowest BCUT2D eigenvalue weighted by Crippen LogP contribution is -2.28. The first-order chi connectivity index (χ1) is 13.7. The summed E-state index contributed by atoms with van der Waals surface area (Å²) in [6.45, 7) is 5.25. The second-order valence-corrected chi connectivity index (χ2v) is 9.53. The number of benzene rings is 2. The number of hydrogen-bond acceptors (Lipinski definition) is 5. The molecule has 0 radical (unpaired) electrons. The summed E-state index contributed by atoms with van der Waals surface area (Å²) >= 11 is 0. The van der Waals surface area contributed by atoms with E-state index in [9.17, 15) is 18.0 Å². The maximum atomic E-state index is 12.4. The Morgan fingerprint density at radius 1 is 1.03 bits per heavy atom. The molecule has 0 saturated heterocycles. The standard InChI is InChI=1S/C22H27NO5S/c1-16(2)29(26,27)20-7-5-4-6-19(20)22(25)28-15-14-23-21(24)13-12-18-10-8-17(3)9-11-18/h4-11,16H,12-15H2,1-3H3,(H,23,24). The molecule has 0 spiro atoms.